The summed E-state index contributed by atoms with van der Waals surface area (Å²) in [4.78, 5) is 0. The van der Waals surface area contributed by atoms with Crippen molar-refractivity contribution >= 4 is 0 Å². The third-order valence-corrected chi connectivity index (χ3v) is 3.53. The van der Waals surface area contributed by atoms with Gasteiger partial charge in [-0.2, -0.15) is 5.26 Å². The highest BCUT2D eigenvalue weighted by Crippen LogP contribution is 2.31. The second-order valence-corrected chi connectivity index (χ2v) is 4.71. The van der Waals surface area contributed by atoms with Gasteiger partial charge in [-0.1, -0.05) is 12.1 Å². The van der Waals surface area contributed by atoms with Gasteiger partial charge < -0.3 is 10.1 Å². The van der Waals surface area contributed by atoms with Gasteiger partial charge in [-0.05, 0) is 38.4 Å². The predicted molar refractivity (Wildman–Crippen MR) is 66.7 cm³/mol. The molecule has 96 valence electrons. The van der Waals surface area contributed by atoms with E-state index in [2.05, 4.69) is 11.4 Å². The molecule has 0 amide bonds. The molecule has 18 heavy (non-hydrogen) atoms. The largest absolute Gasteiger partial charge is 0.487 e. The molecule has 0 radical (unpaired) electrons. The molecule has 1 N–H and O–H groups in total. The average Bonchev–Trinajstić information content (AvgIpc) is 2.41. The van der Waals surface area contributed by atoms with Crippen LogP contribution in [0, 0.1) is 17.1 Å². The molecule has 2 atom stereocenters. The van der Waals surface area contributed by atoms with Crippen LogP contribution in [-0.4, -0.2) is 18.7 Å². The smallest absolute Gasteiger partial charge is 0.165 e. The van der Waals surface area contributed by atoms with E-state index in [1.165, 1.54) is 6.07 Å². The van der Waals surface area contributed by atoms with Crippen molar-refractivity contribution in [3.05, 3.63) is 30.1 Å². The molecule has 1 aromatic rings. The summed E-state index contributed by atoms with van der Waals surface area (Å²) in [6, 6.07) is 8.70. The van der Waals surface area contributed by atoms with Crippen LogP contribution in [0.4, 0.5) is 4.39 Å². The normalized spacial score (nSPS) is 27.5. The molecule has 0 saturated heterocycles. The van der Waals surface area contributed by atoms with Crippen LogP contribution in [0.2, 0.25) is 0 Å². The first kappa shape index (κ1) is 12.8. The number of hydrogen-bond acceptors (Lipinski definition) is 3. The minimum Gasteiger partial charge on any atom is -0.487 e. The Morgan fingerprint density at radius 2 is 2.28 bits per heavy atom. The standard InChI is InChI=1S/C14H17FN2O/c1-17-14(10-16)8-4-5-11(9-14)18-13-7-3-2-6-12(13)15/h2-3,6-7,11,17H,4-5,8-9H2,1H3. The van der Waals surface area contributed by atoms with E-state index in [4.69, 9.17) is 4.74 Å². The van der Waals surface area contributed by atoms with Gasteiger partial charge >= 0.3 is 0 Å². The zero-order chi connectivity index (χ0) is 13.0. The van der Waals surface area contributed by atoms with Crippen LogP contribution in [0.15, 0.2) is 24.3 Å². The lowest BCUT2D eigenvalue weighted by Gasteiger charge is -2.35. The summed E-state index contributed by atoms with van der Waals surface area (Å²) < 4.78 is 19.2. The van der Waals surface area contributed by atoms with Crippen molar-refractivity contribution in [3.63, 3.8) is 0 Å². The second-order valence-electron chi connectivity index (χ2n) is 4.71. The van der Waals surface area contributed by atoms with Crippen LogP contribution in [0.25, 0.3) is 0 Å². The van der Waals surface area contributed by atoms with Crippen LogP contribution in [0.3, 0.4) is 0 Å². The Morgan fingerprint density at radius 3 is 2.94 bits per heavy atom. The molecule has 1 saturated carbocycles. The molecule has 0 aliphatic heterocycles. The molecule has 3 nitrogen and oxygen atoms in total. The van der Waals surface area contributed by atoms with E-state index >= 15 is 0 Å². The van der Waals surface area contributed by atoms with Gasteiger partial charge in [0.25, 0.3) is 0 Å². The number of nitriles is 1. The van der Waals surface area contributed by atoms with Gasteiger partial charge in [-0.15, -0.1) is 0 Å². The van der Waals surface area contributed by atoms with Crippen molar-refractivity contribution in [1.82, 2.24) is 5.32 Å². The van der Waals surface area contributed by atoms with E-state index in [-0.39, 0.29) is 17.7 Å². The number of benzene rings is 1. The Balaban J connectivity index is 2.07. The lowest BCUT2D eigenvalue weighted by atomic mass is 9.81. The maximum absolute atomic E-state index is 13.5. The van der Waals surface area contributed by atoms with Crippen molar-refractivity contribution in [2.24, 2.45) is 0 Å². The molecular weight excluding hydrogens is 231 g/mol. The quantitative estimate of drug-likeness (QED) is 0.894. The van der Waals surface area contributed by atoms with E-state index in [1.807, 2.05) is 0 Å². The molecule has 2 unspecified atom stereocenters. The topological polar surface area (TPSA) is 45.0 Å². The molecule has 4 heteroatoms. The zero-order valence-electron chi connectivity index (χ0n) is 10.4. The molecule has 2 rings (SSSR count). The maximum atomic E-state index is 13.5. The minimum atomic E-state index is -0.534. The number of rotatable bonds is 3. The van der Waals surface area contributed by atoms with E-state index in [0.29, 0.717) is 6.42 Å². The van der Waals surface area contributed by atoms with Crippen LogP contribution in [0.5, 0.6) is 5.75 Å². The molecule has 0 spiro atoms. The SMILES string of the molecule is CNC1(C#N)CCCC(Oc2ccccc2F)C1. The number of hydrogen-bond donors (Lipinski definition) is 1. The second kappa shape index (κ2) is 5.36. The van der Waals surface area contributed by atoms with Gasteiger partial charge in [0.05, 0.1) is 6.07 Å². The summed E-state index contributed by atoms with van der Waals surface area (Å²) in [5.74, 6) is -0.0811. The first-order chi connectivity index (χ1) is 8.69. The number of para-hydroxylation sites is 1. The van der Waals surface area contributed by atoms with Crippen molar-refractivity contribution in [2.45, 2.75) is 37.3 Å². The van der Waals surface area contributed by atoms with Gasteiger partial charge in [0.1, 0.15) is 11.6 Å². The lowest BCUT2D eigenvalue weighted by molar-refractivity contribution is 0.111. The fourth-order valence-corrected chi connectivity index (χ4v) is 2.43. The van der Waals surface area contributed by atoms with Crippen molar-refractivity contribution in [1.29, 1.82) is 5.26 Å². The van der Waals surface area contributed by atoms with Crippen LogP contribution in [0.1, 0.15) is 25.7 Å². The van der Waals surface area contributed by atoms with Gasteiger partial charge in [-0.25, -0.2) is 4.39 Å². The lowest BCUT2D eigenvalue weighted by Crippen LogP contribution is -2.48. The summed E-state index contributed by atoms with van der Waals surface area (Å²) in [5, 5.41) is 12.3. The molecule has 0 aromatic heterocycles. The van der Waals surface area contributed by atoms with Crippen molar-refractivity contribution in [2.75, 3.05) is 7.05 Å². The first-order valence-electron chi connectivity index (χ1n) is 6.20. The average molecular weight is 248 g/mol. The Hall–Kier alpha value is -1.60. The van der Waals surface area contributed by atoms with Crippen LogP contribution in [-0.2, 0) is 0 Å². The summed E-state index contributed by atoms with van der Waals surface area (Å²) in [7, 11) is 1.79. The molecular formula is C14H17FN2O. The molecule has 0 heterocycles. The van der Waals surface area contributed by atoms with E-state index in [0.717, 1.165) is 19.3 Å². The maximum Gasteiger partial charge on any atom is 0.165 e. The highest BCUT2D eigenvalue weighted by molar-refractivity contribution is 5.24. The molecule has 1 aromatic carbocycles. The highest BCUT2D eigenvalue weighted by Gasteiger charge is 2.36. The van der Waals surface area contributed by atoms with Crippen molar-refractivity contribution in [3.8, 4) is 11.8 Å². The first-order valence-corrected chi connectivity index (χ1v) is 6.20. The summed E-state index contributed by atoms with van der Waals surface area (Å²) >= 11 is 0. The number of halogens is 1. The summed E-state index contributed by atoms with van der Waals surface area (Å²) in [6.45, 7) is 0. The minimum absolute atomic E-state index is 0.109. The number of nitrogens with zero attached hydrogens (tertiary/aromatic N) is 1. The van der Waals surface area contributed by atoms with Gasteiger partial charge in [0, 0.05) is 6.42 Å². The van der Waals surface area contributed by atoms with E-state index in [1.54, 1.807) is 25.2 Å². The third kappa shape index (κ3) is 2.62. The fraction of sp³-hybridized carbons (Fsp3) is 0.500. The van der Waals surface area contributed by atoms with Gasteiger partial charge in [-0.3, -0.25) is 0 Å². The Bertz CT molecular complexity index is 457. The Morgan fingerprint density at radius 1 is 1.50 bits per heavy atom. The third-order valence-electron chi connectivity index (χ3n) is 3.53. The Labute approximate surface area is 107 Å². The number of ether oxygens (including phenoxy) is 1. The van der Waals surface area contributed by atoms with Crippen LogP contribution < -0.4 is 10.1 Å². The van der Waals surface area contributed by atoms with Crippen molar-refractivity contribution < 1.29 is 9.13 Å². The monoisotopic (exact) mass is 248 g/mol. The zero-order valence-corrected chi connectivity index (χ0v) is 10.4. The molecule has 1 aliphatic carbocycles. The Kier molecular flexibility index (Phi) is 3.83. The van der Waals surface area contributed by atoms with Crippen LogP contribution >= 0.6 is 0 Å². The molecule has 1 fully saturated rings. The van der Waals surface area contributed by atoms with Gasteiger partial charge in [0.2, 0.25) is 0 Å². The highest BCUT2D eigenvalue weighted by atomic mass is 19.1. The predicted octanol–water partition coefficient (Wildman–Crippen LogP) is 2.63. The number of nitrogens with one attached hydrogen (secondary N) is 1. The summed E-state index contributed by atoms with van der Waals surface area (Å²) in [6.07, 6.45) is 3.07. The summed E-state index contributed by atoms with van der Waals surface area (Å²) in [5.41, 5.74) is -0.534. The van der Waals surface area contributed by atoms with E-state index in [9.17, 15) is 9.65 Å². The van der Waals surface area contributed by atoms with E-state index < -0.39 is 5.54 Å². The fourth-order valence-electron chi connectivity index (χ4n) is 2.43. The molecule has 0 bridgehead atoms. The van der Waals surface area contributed by atoms with Gasteiger partial charge in [0.15, 0.2) is 11.6 Å². The molecule has 1 aliphatic rings.